The molecule has 4 heteroatoms. The number of carboxylic acid groups (broad SMARTS) is 1. The van der Waals surface area contributed by atoms with Crippen molar-refractivity contribution < 1.29 is 14.6 Å². The molecule has 0 aromatic heterocycles. The molecule has 0 bridgehead atoms. The number of carbonyl (C=O) groups is 1. The highest BCUT2D eigenvalue weighted by atomic mass is 16.5. The Bertz CT molecular complexity index is 233. The Morgan fingerprint density at radius 1 is 1.50 bits per heavy atom. The Balaban J connectivity index is 3.68. The molecule has 0 aliphatic carbocycles. The molecule has 0 fully saturated rings. The minimum atomic E-state index is -0.791. The molecule has 0 aliphatic rings. The molecule has 4 nitrogen and oxygen atoms in total. The second kappa shape index (κ2) is 9.20. The van der Waals surface area contributed by atoms with Crippen LogP contribution in [0.5, 0.6) is 0 Å². The highest BCUT2D eigenvalue weighted by Gasteiger charge is 2.06. The number of hydrogen-bond acceptors (Lipinski definition) is 3. The zero-order valence-corrected chi connectivity index (χ0v) is 10.1. The number of aliphatic carboxylic acids is 1. The first-order chi connectivity index (χ1) is 7.56. The van der Waals surface area contributed by atoms with E-state index in [0.29, 0.717) is 19.7 Å². The molecule has 92 valence electrons. The Hall–Kier alpha value is -1.05. The lowest BCUT2D eigenvalue weighted by Crippen LogP contribution is -2.28. The lowest BCUT2D eigenvalue weighted by atomic mass is 10.3. The van der Waals surface area contributed by atoms with E-state index in [1.165, 1.54) is 0 Å². The monoisotopic (exact) mass is 227 g/mol. The first-order valence-corrected chi connectivity index (χ1v) is 5.55. The molecular formula is C12H21NO3. The second-order valence-corrected chi connectivity index (χ2v) is 3.90. The van der Waals surface area contributed by atoms with Crippen LogP contribution in [-0.4, -0.2) is 48.3 Å². The number of terminal acetylenes is 1. The number of hydrogen-bond donors (Lipinski definition) is 1. The van der Waals surface area contributed by atoms with Crippen molar-refractivity contribution in [3.05, 3.63) is 0 Å². The summed E-state index contributed by atoms with van der Waals surface area (Å²) in [5.74, 6) is 1.74. The van der Waals surface area contributed by atoms with Crippen LogP contribution in [0.25, 0.3) is 0 Å². The number of ether oxygens (including phenoxy) is 1. The maximum absolute atomic E-state index is 10.4. The zero-order valence-electron chi connectivity index (χ0n) is 10.1. The predicted molar refractivity (Wildman–Crippen MR) is 63.2 cm³/mol. The first-order valence-electron chi connectivity index (χ1n) is 5.55. The van der Waals surface area contributed by atoms with Gasteiger partial charge in [-0.05, 0) is 20.3 Å². The summed E-state index contributed by atoms with van der Waals surface area (Å²) in [6.45, 7) is 6.44. The molecule has 0 aliphatic heterocycles. The smallest absolute Gasteiger partial charge is 0.304 e. The topological polar surface area (TPSA) is 49.8 Å². The maximum Gasteiger partial charge on any atom is 0.304 e. The molecule has 0 atom stereocenters. The molecule has 16 heavy (non-hydrogen) atoms. The van der Waals surface area contributed by atoms with Crippen LogP contribution in [0, 0.1) is 12.3 Å². The van der Waals surface area contributed by atoms with Crippen LogP contribution < -0.4 is 0 Å². The van der Waals surface area contributed by atoms with Gasteiger partial charge in [0.15, 0.2) is 0 Å². The van der Waals surface area contributed by atoms with Crippen LogP contribution >= 0.6 is 0 Å². The lowest BCUT2D eigenvalue weighted by molar-refractivity contribution is -0.137. The molecule has 0 saturated heterocycles. The third kappa shape index (κ3) is 9.50. The number of carboxylic acids is 1. The standard InChI is InChI=1S/C12H21NO3/c1-4-7-13(9-6-12(14)15)8-5-10-16-11(2)3/h1,11H,5-10H2,2-3H3,(H,14,15). The lowest BCUT2D eigenvalue weighted by Gasteiger charge is -2.18. The van der Waals surface area contributed by atoms with Crippen LogP contribution in [0.15, 0.2) is 0 Å². The van der Waals surface area contributed by atoms with Crippen molar-refractivity contribution in [3.63, 3.8) is 0 Å². The van der Waals surface area contributed by atoms with E-state index in [9.17, 15) is 4.79 Å². The van der Waals surface area contributed by atoms with E-state index in [4.69, 9.17) is 16.3 Å². The van der Waals surface area contributed by atoms with Gasteiger partial charge in [-0.2, -0.15) is 0 Å². The van der Waals surface area contributed by atoms with Crippen LogP contribution in [0.4, 0.5) is 0 Å². The molecule has 0 spiro atoms. The van der Waals surface area contributed by atoms with Crippen LogP contribution in [-0.2, 0) is 9.53 Å². The molecule has 0 heterocycles. The van der Waals surface area contributed by atoms with Crippen molar-refractivity contribution in [2.75, 3.05) is 26.2 Å². The third-order valence-corrected chi connectivity index (χ3v) is 2.03. The molecule has 0 saturated carbocycles. The first kappa shape index (κ1) is 14.9. The van der Waals surface area contributed by atoms with Crippen molar-refractivity contribution in [2.24, 2.45) is 0 Å². The summed E-state index contributed by atoms with van der Waals surface area (Å²) >= 11 is 0. The largest absolute Gasteiger partial charge is 0.481 e. The minimum Gasteiger partial charge on any atom is -0.481 e. The average molecular weight is 227 g/mol. The van der Waals surface area contributed by atoms with E-state index in [-0.39, 0.29) is 12.5 Å². The Morgan fingerprint density at radius 3 is 2.69 bits per heavy atom. The molecule has 0 aromatic carbocycles. The van der Waals surface area contributed by atoms with Crippen LogP contribution in [0.1, 0.15) is 26.7 Å². The van der Waals surface area contributed by atoms with Gasteiger partial charge in [0.2, 0.25) is 0 Å². The van der Waals surface area contributed by atoms with E-state index in [1.54, 1.807) is 0 Å². The van der Waals surface area contributed by atoms with E-state index in [2.05, 4.69) is 5.92 Å². The number of rotatable bonds is 9. The Morgan fingerprint density at radius 2 is 2.19 bits per heavy atom. The zero-order chi connectivity index (χ0) is 12.4. The summed E-state index contributed by atoms with van der Waals surface area (Å²) < 4.78 is 5.40. The Kier molecular flexibility index (Phi) is 8.59. The van der Waals surface area contributed by atoms with E-state index < -0.39 is 5.97 Å². The van der Waals surface area contributed by atoms with Crippen molar-refractivity contribution >= 4 is 5.97 Å². The van der Waals surface area contributed by atoms with Gasteiger partial charge < -0.3 is 9.84 Å². The molecule has 0 unspecified atom stereocenters. The van der Waals surface area contributed by atoms with E-state index >= 15 is 0 Å². The van der Waals surface area contributed by atoms with Gasteiger partial charge in [0.25, 0.3) is 0 Å². The van der Waals surface area contributed by atoms with Gasteiger partial charge in [0.05, 0.1) is 19.1 Å². The summed E-state index contributed by atoms with van der Waals surface area (Å²) in [5, 5.41) is 8.57. The third-order valence-electron chi connectivity index (χ3n) is 2.03. The van der Waals surface area contributed by atoms with Crippen LogP contribution in [0.3, 0.4) is 0 Å². The van der Waals surface area contributed by atoms with Crippen molar-refractivity contribution in [3.8, 4) is 12.3 Å². The number of nitrogens with zero attached hydrogens (tertiary/aromatic N) is 1. The van der Waals surface area contributed by atoms with E-state index in [1.807, 2.05) is 18.7 Å². The Labute approximate surface area is 97.6 Å². The molecular weight excluding hydrogens is 206 g/mol. The maximum atomic E-state index is 10.4. The van der Waals surface area contributed by atoms with Crippen molar-refractivity contribution in [1.82, 2.24) is 4.90 Å². The average Bonchev–Trinajstić information content (AvgIpc) is 2.20. The predicted octanol–water partition coefficient (Wildman–Crippen LogP) is 1.21. The normalized spacial score (nSPS) is 10.7. The molecule has 0 amide bonds. The van der Waals surface area contributed by atoms with Gasteiger partial charge in [-0.1, -0.05) is 5.92 Å². The van der Waals surface area contributed by atoms with Gasteiger partial charge >= 0.3 is 5.97 Å². The SMILES string of the molecule is C#CCN(CCCOC(C)C)CCC(=O)O. The summed E-state index contributed by atoms with van der Waals surface area (Å²) in [6, 6.07) is 0. The summed E-state index contributed by atoms with van der Waals surface area (Å²) in [5.41, 5.74) is 0. The fourth-order valence-electron chi connectivity index (χ4n) is 1.26. The van der Waals surface area contributed by atoms with Gasteiger partial charge in [0, 0.05) is 19.7 Å². The highest BCUT2D eigenvalue weighted by Crippen LogP contribution is 1.96. The summed E-state index contributed by atoms with van der Waals surface area (Å²) in [6.07, 6.45) is 6.46. The molecule has 0 radical (unpaired) electrons. The molecule has 1 N–H and O–H groups in total. The minimum absolute atomic E-state index is 0.132. The van der Waals surface area contributed by atoms with Gasteiger partial charge in [-0.15, -0.1) is 6.42 Å². The van der Waals surface area contributed by atoms with Crippen molar-refractivity contribution in [2.45, 2.75) is 32.8 Å². The van der Waals surface area contributed by atoms with Crippen LogP contribution in [0.2, 0.25) is 0 Å². The summed E-state index contributed by atoms with van der Waals surface area (Å²) in [4.78, 5) is 12.4. The van der Waals surface area contributed by atoms with Gasteiger partial charge in [-0.3, -0.25) is 9.69 Å². The fraction of sp³-hybridized carbons (Fsp3) is 0.750. The second-order valence-electron chi connectivity index (χ2n) is 3.90. The molecule has 0 rings (SSSR count). The van der Waals surface area contributed by atoms with Crippen molar-refractivity contribution in [1.29, 1.82) is 0 Å². The van der Waals surface area contributed by atoms with Gasteiger partial charge in [-0.25, -0.2) is 0 Å². The highest BCUT2D eigenvalue weighted by molar-refractivity contribution is 5.66. The quantitative estimate of drug-likeness (QED) is 0.475. The molecule has 0 aromatic rings. The van der Waals surface area contributed by atoms with Gasteiger partial charge in [0.1, 0.15) is 0 Å². The fourth-order valence-corrected chi connectivity index (χ4v) is 1.26. The van der Waals surface area contributed by atoms with E-state index in [0.717, 1.165) is 13.0 Å². The summed E-state index contributed by atoms with van der Waals surface area (Å²) in [7, 11) is 0.